The van der Waals surface area contributed by atoms with Crippen LogP contribution in [0.15, 0.2) is 12.1 Å². The van der Waals surface area contributed by atoms with Gasteiger partial charge in [-0.2, -0.15) is 0 Å². The van der Waals surface area contributed by atoms with Crippen LogP contribution in [0.25, 0.3) is 10.1 Å². The fourth-order valence-corrected chi connectivity index (χ4v) is 7.23. The van der Waals surface area contributed by atoms with Gasteiger partial charge in [-0.05, 0) is 50.3 Å². The van der Waals surface area contributed by atoms with E-state index in [0.717, 1.165) is 47.5 Å². The van der Waals surface area contributed by atoms with Crippen LogP contribution in [-0.4, -0.2) is 31.1 Å². The number of amides is 1. The Balaban J connectivity index is 1.48. The Morgan fingerprint density at radius 2 is 1.79 bits per heavy atom. The number of carbonyl (C=O) groups is 3. The third kappa shape index (κ3) is 5.00. The summed E-state index contributed by atoms with van der Waals surface area (Å²) < 4.78 is 11.0. The van der Waals surface area contributed by atoms with E-state index in [1.54, 1.807) is 13.0 Å². The van der Waals surface area contributed by atoms with Crippen LogP contribution in [0.2, 0.25) is 15.1 Å². The molecule has 6 nitrogen and oxygen atoms in total. The molecule has 0 spiro atoms. The summed E-state index contributed by atoms with van der Waals surface area (Å²) in [6.07, 6.45) is 3.63. The van der Waals surface area contributed by atoms with E-state index in [1.165, 1.54) is 17.4 Å². The van der Waals surface area contributed by atoms with Crippen molar-refractivity contribution >= 4 is 90.4 Å². The molecule has 11 heteroatoms. The summed E-state index contributed by atoms with van der Waals surface area (Å²) in [5.74, 6) is -1.78. The van der Waals surface area contributed by atoms with Gasteiger partial charge in [0.05, 0.1) is 22.2 Å². The molecule has 0 radical (unpaired) electrons. The highest BCUT2D eigenvalue weighted by Crippen LogP contribution is 2.42. The number of aryl methyl sites for hydroxylation is 1. The monoisotopic (exact) mass is 545 g/mol. The van der Waals surface area contributed by atoms with Gasteiger partial charge in [0, 0.05) is 20.0 Å². The van der Waals surface area contributed by atoms with Gasteiger partial charge in [0.25, 0.3) is 5.91 Å². The molecular weight excluding hydrogens is 529 g/mol. The molecule has 1 amide bonds. The van der Waals surface area contributed by atoms with Crippen molar-refractivity contribution in [2.45, 2.75) is 32.6 Å². The van der Waals surface area contributed by atoms with Crippen LogP contribution in [0.5, 0.6) is 0 Å². The van der Waals surface area contributed by atoms with Gasteiger partial charge >= 0.3 is 11.9 Å². The van der Waals surface area contributed by atoms with Crippen LogP contribution < -0.4 is 5.32 Å². The topological polar surface area (TPSA) is 81.7 Å². The number of nitrogens with one attached hydrogen (secondary N) is 1. The van der Waals surface area contributed by atoms with Gasteiger partial charge in [-0.15, -0.1) is 22.7 Å². The number of rotatable bonds is 6. The Morgan fingerprint density at radius 3 is 2.55 bits per heavy atom. The second-order valence-corrected chi connectivity index (χ2v) is 10.6. The molecule has 2 aromatic heterocycles. The minimum Gasteiger partial charge on any atom is -0.462 e. The fraction of sp³-hybridized carbons (Fsp3) is 0.318. The molecule has 0 aliphatic heterocycles. The number of hydrogen-bond donors (Lipinski definition) is 1. The minimum atomic E-state index is -0.750. The molecule has 0 saturated heterocycles. The second kappa shape index (κ2) is 10.2. The molecule has 3 aromatic rings. The van der Waals surface area contributed by atoms with Gasteiger partial charge < -0.3 is 14.8 Å². The summed E-state index contributed by atoms with van der Waals surface area (Å²) in [6, 6.07) is 3.19. The molecular formula is C22H18Cl3NO5S2. The van der Waals surface area contributed by atoms with E-state index in [0.29, 0.717) is 30.7 Å². The van der Waals surface area contributed by atoms with Crippen molar-refractivity contribution in [2.75, 3.05) is 18.5 Å². The Morgan fingerprint density at radius 1 is 1.03 bits per heavy atom. The quantitative estimate of drug-likeness (QED) is 0.345. The van der Waals surface area contributed by atoms with Crippen LogP contribution >= 0.6 is 57.5 Å². The zero-order valence-corrected chi connectivity index (χ0v) is 21.3. The van der Waals surface area contributed by atoms with E-state index >= 15 is 0 Å². The zero-order valence-electron chi connectivity index (χ0n) is 17.4. The van der Waals surface area contributed by atoms with Gasteiger partial charge in [-0.3, -0.25) is 4.79 Å². The van der Waals surface area contributed by atoms with Crippen molar-refractivity contribution < 1.29 is 23.9 Å². The van der Waals surface area contributed by atoms with Crippen molar-refractivity contribution in [3.63, 3.8) is 0 Å². The highest BCUT2D eigenvalue weighted by atomic mass is 35.5. The molecule has 0 saturated carbocycles. The van der Waals surface area contributed by atoms with Crippen LogP contribution in [0.4, 0.5) is 5.00 Å². The van der Waals surface area contributed by atoms with Crippen molar-refractivity contribution in [3.05, 3.63) is 48.1 Å². The lowest BCUT2D eigenvalue weighted by Gasteiger charge is -2.12. The first-order valence-corrected chi connectivity index (χ1v) is 12.9. The fourth-order valence-electron chi connectivity index (χ4n) is 3.68. The van der Waals surface area contributed by atoms with E-state index in [9.17, 15) is 14.4 Å². The van der Waals surface area contributed by atoms with Crippen LogP contribution in [0.1, 0.15) is 50.2 Å². The molecule has 0 atom stereocenters. The molecule has 1 aliphatic carbocycles. The van der Waals surface area contributed by atoms with Crippen LogP contribution in [-0.2, 0) is 27.1 Å². The second-order valence-electron chi connectivity index (χ2n) is 7.27. The minimum absolute atomic E-state index is 0.127. The van der Waals surface area contributed by atoms with Crippen LogP contribution in [0.3, 0.4) is 0 Å². The van der Waals surface area contributed by atoms with Crippen molar-refractivity contribution in [2.24, 2.45) is 0 Å². The predicted octanol–water partition coefficient (Wildman–Crippen LogP) is 6.77. The molecule has 4 rings (SSSR count). The number of esters is 2. The number of hydrogen-bond acceptors (Lipinski definition) is 7. The normalized spacial score (nSPS) is 13.0. The van der Waals surface area contributed by atoms with E-state index < -0.39 is 24.5 Å². The maximum absolute atomic E-state index is 12.6. The predicted molar refractivity (Wildman–Crippen MR) is 133 cm³/mol. The summed E-state index contributed by atoms with van der Waals surface area (Å²) >= 11 is 21.0. The van der Waals surface area contributed by atoms with E-state index in [2.05, 4.69) is 5.32 Å². The molecule has 0 fully saturated rings. The first-order chi connectivity index (χ1) is 15.8. The summed E-state index contributed by atoms with van der Waals surface area (Å²) in [5, 5.41) is 4.52. The average molecular weight is 547 g/mol. The first-order valence-electron chi connectivity index (χ1n) is 10.2. The highest BCUT2D eigenvalue weighted by Gasteiger charge is 2.28. The SMILES string of the molecule is CCOC(=O)c1c(NC(=O)COC(=O)c2sc3cc(Cl)cc(Cl)c3c2Cl)sc2c1CCCC2. The molecule has 0 unspecified atom stereocenters. The van der Waals surface area contributed by atoms with Gasteiger partial charge in [-0.25, -0.2) is 9.59 Å². The highest BCUT2D eigenvalue weighted by molar-refractivity contribution is 7.21. The lowest BCUT2D eigenvalue weighted by molar-refractivity contribution is -0.119. The first kappa shape index (κ1) is 24.3. The number of anilines is 1. The Bertz CT molecular complexity index is 1270. The molecule has 1 aromatic carbocycles. The standard InChI is InChI=1S/C22H18Cl3NO5S2/c1-2-30-21(28)16-11-5-3-4-6-13(11)33-20(16)26-15(27)9-31-22(29)19-18(25)17-12(24)7-10(23)8-14(17)32-19/h7-8H,2-6,9H2,1H3,(H,26,27). The Kier molecular flexibility index (Phi) is 7.50. The van der Waals surface area contributed by atoms with E-state index in [1.807, 2.05) is 0 Å². The largest absolute Gasteiger partial charge is 0.462 e. The third-order valence-electron chi connectivity index (χ3n) is 5.07. The number of carbonyl (C=O) groups excluding carboxylic acids is 3. The summed E-state index contributed by atoms with van der Waals surface area (Å²) in [7, 11) is 0. The van der Waals surface area contributed by atoms with Crippen molar-refractivity contribution in [1.29, 1.82) is 0 Å². The van der Waals surface area contributed by atoms with Gasteiger partial charge in [0.15, 0.2) is 6.61 Å². The Labute approximate surface area is 212 Å². The van der Waals surface area contributed by atoms with Crippen LogP contribution in [0, 0.1) is 0 Å². The molecule has 2 heterocycles. The number of fused-ring (bicyclic) bond motifs is 2. The summed E-state index contributed by atoms with van der Waals surface area (Å²) in [6.45, 7) is 1.43. The maximum Gasteiger partial charge on any atom is 0.350 e. The zero-order chi connectivity index (χ0) is 23.7. The van der Waals surface area contributed by atoms with Gasteiger partial charge in [-0.1, -0.05) is 34.8 Å². The van der Waals surface area contributed by atoms with Gasteiger partial charge in [0.1, 0.15) is 9.88 Å². The lowest BCUT2D eigenvalue weighted by Crippen LogP contribution is -2.21. The summed E-state index contributed by atoms with van der Waals surface area (Å²) in [5.41, 5.74) is 1.33. The third-order valence-corrected chi connectivity index (χ3v) is 8.40. The summed E-state index contributed by atoms with van der Waals surface area (Å²) in [4.78, 5) is 38.9. The number of ether oxygens (including phenoxy) is 2. The number of benzene rings is 1. The number of thiophene rings is 2. The maximum atomic E-state index is 12.6. The van der Waals surface area contributed by atoms with Crippen molar-refractivity contribution in [3.8, 4) is 0 Å². The van der Waals surface area contributed by atoms with E-state index in [4.69, 9.17) is 44.3 Å². The molecule has 0 bridgehead atoms. The molecule has 1 N–H and O–H groups in total. The number of halogens is 3. The molecule has 33 heavy (non-hydrogen) atoms. The smallest absolute Gasteiger partial charge is 0.350 e. The molecule has 1 aliphatic rings. The average Bonchev–Trinajstić information content (AvgIpc) is 3.29. The van der Waals surface area contributed by atoms with Crippen molar-refractivity contribution in [1.82, 2.24) is 0 Å². The molecule has 174 valence electrons. The lowest BCUT2D eigenvalue weighted by atomic mass is 9.95. The van der Waals surface area contributed by atoms with Gasteiger partial charge in [0.2, 0.25) is 0 Å². The Hall–Kier alpha value is -1.84. The van der Waals surface area contributed by atoms with E-state index in [-0.39, 0.29) is 16.5 Å².